The van der Waals surface area contributed by atoms with Gasteiger partial charge in [-0.25, -0.2) is 0 Å². The molecule has 0 unspecified atom stereocenters. The van der Waals surface area contributed by atoms with Crippen molar-refractivity contribution >= 4 is 17.8 Å². The van der Waals surface area contributed by atoms with Crippen molar-refractivity contribution in [1.29, 1.82) is 0 Å². The summed E-state index contributed by atoms with van der Waals surface area (Å²) in [5.74, 6) is 2.55. The van der Waals surface area contributed by atoms with E-state index in [-0.39, 0.29) is 32.5 Å². The third-order valence-electron chi connectivity index (χ3n) is 8.39. The van der Waals surface area contributed by atoms with E-state index in [4.69, 9.17) is 13.6 Å². The Morgan fingerprint density at radius 1 is 0.354 bits per heavy atom. The van der Waals surface area contributed by atoms with Gasteiger partial charge in [-0.15, -0.1) is 0 Å². The Hall–Kier alpha value is -1.48. The molecule has 48 heavy (non-hydrogen) atoms. The van der Waals surface area contributed by atoms with Crippen LogP contribution >= 0.6 is 17.8 Å². The van der Waals surface area contributed by atoms with E-state index in [0.717, 1.165) is 50.6 Å². The van der Waals surface area contributed by atoms with E-state index >= 15 is 0 Å². The van der Waals surface area contributed by atoms with Crippen molar-refractivity contribution in [3.8, 4) is 17.2 Å². The molecule has 0 saturated carbocycles. The van der Waals surface area contributed by atoms with Crippen LogP contribution in [0, 0.1) is 0 Å². The first kappa shape index (κ1) is 42.7. The molecule has 6 heteroatoms. The van der Waals surface area contributed by atoms with Crippen LogP contribution in [0.4, 0.5) is 0 Å². The van der Waals surface area contributed by atoms with Crippen LogP contribution in [0.15, 0.2) is 54.6 Å². The van der Waals surface area contributed by atoms with Crippen LogP contribution in [0.3, 0.4) is 0 Å². The second-order valence-electron chi connectivity index (χ2n) is 19.0. The molecule has 3 rings (SSSR count). The van der Waals surface area contributed by atoms with Gasteiger partial charge in [0, 0.05) is 33.4 Å². The van der Waals surface area contributed by atoms with Crippen molar-refractivity contribution < 1.29 is 33.6 Å². The Morgan fingerprint density at radius 2 is 0.500 bits per heavy atom. The fourth-order valence-corrected chi connectivity index (χ4v) is 6.88. The second-order valence-corrected chi connectivity index (χ2v) is 20.0. The maximum atomic E-state index is 7.23. The number of hydrogen-bond acceptors (Lipinski definition) is 3. The zero-order valence-electron chi connectivity index (χ0n) is 33.0. The van der Waals surface area contributed by atoms with Gasteiger partial charge in [0.25, 0.3) is 0 Å². The van der Waals surface area contributed by atoms with E-state index in [1.807, 2.05) is 0 Å². The van der Waals surface area contributed by atoms with Gasteiger partial charge in [0.15, 0.2) is 0 Å². The van der Waals surface area contributed by atoms with E-state index in [0.29, 0.717) is 0 Å². The predicted molar refractivity (Wildman–Crippen MR) is 206 cm³/mol. The normalized spacial score (nSPS) is 13.2. The zero-order chi connectivity index (χ0) is 37.3. The van der Waals surface area contributed by atoms with Crippen molar-refractivity contribution in [2.45, 2.75) is 157 Å². The van der Waals surface area contributed by atoms with Gasteiger partial charge < -0.3 is 13.6 Å². The number of hydrogen-bond donors (Lipinski definition) is 0. The summed E-state index contributed by atoms with van der Waals surface area (Å²) in [7, 11) is 2.61. The molecular weight excluding hydrogens is 816 g/mol. The molecule has 0 saturated heterocycles. The standard InChI is InChI=1S/C42H63O3P.Au.ClH/c1-37(2,3)28-22-19-23-29(38(4,5)6)34(28)43-46(44-35-30(39(7,8)9)24-20-25-31(35)40(10,11)12)45-36-32(41(13,14)15)26-21-27-33(36)42(16,17)18;;/h19-27H,1-18H3;;1H/q;+1;/p-1. The van der Waals surface area contributed by atoms with Crippen molar-refractivity contribution in [3.05, 3.63) is 88.0 Å². The third kappa shape index (κ3) is 10.8. The molecule has 3 aromatic carbocycles. The molecule has 0 aliphatic rings. The number of benzene rings is 3. The molecule has 0 radical (unpaired) electrons. The van der Waals surface area contributed by atoms with Crippen LogP contribution in [-0.2, 0) is 52.5 Å². The first-order valence-electron chi connectivity index (χ1n) is 17.0. The van der Waals surface area contributed by atoms with Crippen LogP contribution in [-0.4, -0.2) is 0 Å². The van der Waals surface area contributed by atoms with Crippen LogP contribution in [0.1, 0.15) is 158 Å². The van der Waals surface area contributed by atoms with Crippen molar-refractivity contribution in [1.82, 2.24) is 0 Å². The Kier molecular flexibility index (Phi) is 13.7. The van der Waals surface area contributed by atoms with Crippen molar-refractivity contribution in [2.24, 2.45) is 0 Å². The summed E-state index contributed by atoms with van der Waals surface area (Å²) in [4.78, 5) is 0. The molecule has 0 bridgehead atoms. The van der Waals surface area contributed by atoms with Gasteiger partial charge in [0.1, 0.15) is 17.2 Å². The van der Waals surface area contributed by atoms with Crippen LogP contribution in [0.25, 0.3) is 0 Å². The Balaban J connectivity index is 0.00000392. The van der Waals surface area contributed by atoms with E-state index in [2.05, 4.69) is 188 Å². The number of para-hydroxylation sites is 3. The molecule has 0 heterocycles. The van der Waals surface area contributed by atoms with E-state index in [9.17, 15) is 0 Å². The molecule has 0 aliphatic carbocycles. The molecule has 3 aromatic rings. The zero-order valence-corrected chi connectivity index (χ0v) is 36.9. The summed E-state index contributed by atoms with van der Waals surface area (Å²) < 4.78 is 21.7. The monoisotopic (exact) mass is 878 g/mol. The van der Waals surface area contributed by atoms with E-state index < -0.39 is 8.60 Å². The first-order chi connectivity index (χ1) is 21.6. The molecule has 3 nitrogen and oxygen atoms in total. The van der Waals surface area contributed by atoms with Crippen LogP contribution in [0.5, 0.6) is 17.2 Å². The fraction of sp³-hybridized carbons (Fsp3) is 0.571. The summed E-state index contributed by atoms with van der Waals surface area (Å²) in [5.41, 5.74) is 5.90. The average Bonchev–Trinajstić information content (AvgIpc) is 2.91. The summed E-state index contributed by atoms with van der Waals surface area (Å²) in [6.45, 7) is 40.3. The van der Waals surface area contributed by atoms with Crippen LogP contribution < -0.4 is 13.6 Å². The van der Waals surface area contributed by atoms with E-state index in [1.165, 1.54) is 0 Å². The quantitative estimate of drug-likeness (QED) is 0.182. The third-order valence-corrected chi connectivity index (χ3v) is 9.39. The summed E-state index contributed by atoms with van der Waals surface area (Å²) in [6.07, 6.45) is 0. The molecule has 0 fully saturated rings. The Labute approximate surface area is 312 Å². The predicted octanol–water partition coefficient (Wildman–Crippen LogP) is 13.9. The van der Waals surface area contributed by atoms with Gasteiger partial charge >= 0.3 is 37.8 Å². The number of halogens is 1. The van der Waals surface area contributed by atoms with E-state index in [1.54, 1.807) is 20.0 Å². The molecule has 272 valence electrons. The fourth-order valence-electron chi connectivity index (χ4n) is 5.73. The topological polar surface area (TPSA) is 27.7 Å². The van der Waals surface area contributed by atoms with Gasteiger partial charge in [0.2, 0.25) is 0 Å². The van der Waals surface area contributed by atoms with Crippen LogP contribution in [0.2, 0.25) is 0 Å². The minimum atomic E-state index is -1.97. The minimum absolute atomic E-state index is 0.155. The average molecular weight is 879 g/mol. The molecule has 0 N–H and O–H groups in total. The molecule has 0 spiro atoms. The summed E-state index contributed by atoms with van der Waals surface area (Å²) in [6, 6.07) is 19.6. The maximum absolute atomic E-state index is 7.23. The molecule has 0 amide bonds. The first-order valence-corrected chi connectivity index (χ1v) is 20.8. The van der Waals surface area contributed by atoms with Crippen molar-refractivity contribution in [3.63, 3.8) is 0 Å². The molecule has 0 aliphatic heterocycles. The molecule has 0 atom stereocenters. The molecule has 0 aromatic heterocycles. The molecular formula is C42H63AuClO3P. The van der Waals surface area contributed by atoms with Gasteiger partial charge in [-0.3, -0.25) is 0 Å². The van der Waals surface area contributed by atoms with Gasteiger partial charge in [-0.1, -0.05) is 179 Å². The summed E-state index contributed by atoms with van der Waals surface area (Å²) >= 11 is 1.75. The Morgan fingerprint density at radius 3 is 0.625 bits per heavy atom. The second kappa shape index (κ2) is 15.4. The SMILES string of the molecule is CC(C)(C)c1cccc(C(C)(C)C)c1OP(Oc1c(C(C)(C)C)cccc1C(C)(C)C)Oc1c(C(C)(C)C)cccc1C(C)(C)C.[Cl][Au]. The van der Waals surface area contributed by atoms with Gasteiger partial charge in [0.05, 0.1) is 0 Å². The number of rotatable bonds is 6. The van der Waals surface area contributed by atoms with Gasteiger partial charge in [-0.05, 0) is 32.5 Å². The summed E-state index contributed by atoms with van der Waals surface area (Å²) in [5, 5.41) is 0. The van der Waals surface area contributed by atoms with Gasteiger partial charge in [-0.2, -0.15) is 0 Å². The van der Waals surface area contributed by atoms with Crippen molar-refractivity contribution in [2.75, 3.05) is 0 Å². The Bertz CT molecular complexity index is 1240.